The van der Waals surface area contributed by atoms with Crippen LogP contribution in [0.5, 0.6) is 0 Å². The van der Waals surface area contributed by atoms with Gasteiger partial charge in [0.05, 0.1) is 0 Å². The van der Waals surface area contributed by atoms with Crippen LogP contribution in [0.3, 0.4) is 0 Å². The first-order chi connectivity index (χ1) is 31.0. The van der Waals surface area contributed by atoms with Gasteiger partial charge in [-0.15, -0.1) is 0 Å². The fraction of sp³-hybridized carbons (Fsp3) is 0.667. The zero-order chi connectivity index (χ0) is 45.8. The molecule has 1 unspecified atom stereocenters. The molecule has 0 aromatic carbocycles. The quantitative estimate of drug-likeness (QED) is 0.0199. The van der Waals surface area contributed by atoms with Crippen LogP contribution in [0.15, 0.2) is 97.2 Å². The molecule has 1 atom stereocenters. The molecule has 0 radical (unpaired) electrons. The summed E-state index contributed by atoms with van der Waals surface area (Å²) in [6.07, 6.45) is 66.7. The van der Waals surface area contributed by atoms with Crippen LogP contribution >= 0.6 is 0 Å². The molecule has 0 heterocycles. The highest BCUT2D eigenvalue weighted by Crippen LogP contribution is 2.13. The second-order valence-electron chi connectivity index (χ2n) is 16.8. The Balaban J connectivity index is 4.44. The Morgan fingerprint density at radius 3 is 1.14 bits per heavy atom. The van der Waals surface area contributed by atoms with E-state index in [2.05, 4.69) is 93.7 Å². The minimum atomic E-state index is -0.797. The molecule has 63 heavy (non-hydrogen) atoms. The van der Waals surface area contributed by atoms with Crippen LogP contribution in [0.25, 0.3) is 0 Å². The number of rotatable bonds is 45. The van der Waals surface area contributed by atoms with Crippen molar-refractivity contribution in [2.45, 2.75) is 232 Å². The van der Waals surface area contributed by atoms with Crippen molar-refractivity contribution in [1.82, 2.24) is 0 Å². The van der Waals surface area contributed by atoms with Gasteiger partial charge in [-0.05, 0) is 89.9 Å². The van der Waals surface area contributed by atoms with Crippen LogP contribution < -0.4 is 0 Å². The van der Waals surface area contributed by atoms with E-state index in [1.807, 2.05) is 24.3 Å². The molecule has 0 aliphatic carbocycles. The van der Waals surface area contributed by atoms with Crippen LogP contribution in [-0.2, 0) is 28.6 Å². The molecule has 0 aromatic rings. The average molecular weight is 875 g/mol. The molecular formula is C57H94O6. The first-order valence-corrected chi connectivity index (χ1v) is 25.8. The number of hydrogen-bond donors (Lipinski definition) is 0. The smallest absolute Gasteiger partial charge is 0.306 e. The van der Waals surface area contributed by atoms with Crippen molar-refractivity contribution >= 4 is 17.9 Å². The number of carbonyl (C=O) groups is 3. The predicted octanol–water partition coefficient (Wildman–Crippen LogP) is 17.0. The molecule has 6 nitrogen and oxygen atoms in total. The second-order valence-corrected chi connectivity index (χ2v) is 16.8. The lowest BCUT2D eigenvalue weighted by molar-refractivity contribution is -0.167. The molecule has 0 aliphatic rings. The van der Waals surface area contributed by atoms with Gasteiger partial charge >= 0.3 is 17.9 Å². The predicted molar refractivity (Wildman–Crippen MR) is 270 cm³/mol. The Hall–Kier alpha value is -3.67. The first-order valence-electron chi connectivity index (χ1n) is 25.8. The van der Waals surface area contributed by atoms with Crippen molar-refractivity contribution in [3.05, 3.63) is 97.2 Å². The summed E-state index contributed by atoms with van der Waals surface area (Å²) in [5.74, 6) is -0.946. The molecule has 0 N–H and O–H groups in total. The number of allylic oxidation sites excluding steroid dienone is 16. The van der Waals surface area contributed by atoms with Crippen molar-refractivity contribution < 1.29 is 28.6 Å². The zero-order valence-corrected chi connectivity index (χ0v) is 40.8. The van der Waals surface area contributed by atoms with E-state index < -0.39 is 6.10 Å². The fourth-order valence-corrected chi connectivity index (χ4v) is 6.72. The highest BCUT2D eigenvalue weighted by molar-refractivity contribution is 5.71. The van der Waals surface area contributed by atoms with Gasteiger partial charge in [0.2, 0.25) is 0 Å². The topological polar surface area (TPSA) is 78.9 Å². The van der Waals surface area contributed by atoms with E-state index >= 15 is 0 Å². The Morgan fingerprint density at radius 1 is 0.333 bits per heavy atom. The standard InChI is InChI=1S/C57H94O6/c1-4-7-10-13-16-19-22-24-26-28-30-31-33-35-38-41-44-47-50-56(59)62-53-54(52-61-55(58)49-46-43-40-37-21-18-15-12-9-6-3)63-57(60)51-48-45-42-39-36-34-32-29-27-25-23-20-17-14-11-8-5-2/h10,13,15-20,22,24-28,30-31,54H,4-9,11-12,14,21,23,29,32-53H2,1-3H3/b13-10-,18-15-,19-16-,20-17-,24-22-,27-25-,28-26-,31-30-. The molecule has 0 aliphatic heterocycles. The lowest BCUT2D eigenvalue weighted by Crippen LogP contribution is -2.30. The minimum absolute atomic E-state index is 0.0966. The zero-order valence-electron chi connectivity index (χ0n) is 40.8. The maximum atomic E-state index is 12.8. The van der Waals surface area contributed by atoms with Crippen LogP contribution in [0.4, 0.5) is 0 Å². The summed E-state index contributed by atoms with van der Waals surface area (Å²) in [6.45, 7) is 6.43. The van der Waals surface area contributed by atoms with Gasteiger partial charge in [-0.1, -0.05) is 214 Å². The largest absolute Gasteiger partial charge is 0.462 e. The molecule has 0 rings (SSSR count). The number of ether oxygens (including phenoxy) is 3. The number of esters is 3. The van der Waals surface area contributed by atoms with Gasteiger partial charge in [-0.3, -0.25) is 14.4 Å². The van der Waals surface area contributed by atoms with Gasteiger partial charge in [0.1, 0.15) is 13.2 Å². The third-order valence-corrected chi connectivity index (χ3v) is 10.6. The molecule has 358 valence electrons. The first kappa shape index (κ1) is 59.3. The Labute approximate surface area is 387 Å². The summed E-state index contributed by atoms with van der Waals surface area (Å²) in [6, 6.07) is 0. The molecule has 0 fully saturated rings. The maximum Gasteiger partial charge on any atom is 0.306 e. The minimum Gasteiger partial charge on any atom is -0.462 e. The van der Waals surface area contributed by atoms with Crippen molar-refractivity contribution in [2.75, 3.05) is 13.2 Å². The molecule has 0 amide bonds. The molecule has 6 heteroatoms. The van der Waals surface area contributed by atoms with Crippen molar-refractivity contribution in [3.63, 3.8) is 0 Å². The van der Waals surface area contributed by atoms with Crippen LogP contribution in [-0.4, -0.2) is 37.2 Å². The van der Waals surface area contributed by atoms with Gasteiger partial charge in [0.15, 0.2) is 6.10 Å². The summed E-state index contributed by atoms with van der Waals surface area (Å²) in [4.78, 5) is 37.9. The number of carbonyl (C=O) groups excluding carboxylic acids is 3. The third kappa shape index (κ3) is 49.2. The van der Waals surface area contributed by atoms with E-state index in [4.69, 9.17) is 14.2 Å². The molecule has 0 bridgehead atoms. The molecule has 0 spiro atoms. The fourth-order valence-electron chi connectivity index (χ4n) is 6.72. The van der Waals surface area contributed by atoms with E-state index in [-0.39, 0.29) is 31.1 Å². The monoisotopic (exact) mass is 875 g/mol. The van der Waals surface area contributed by atoms with Crippen LogP contribution in [0, 0.1) is 0 Å². The normalized spacial score (nSPS) is 12.9. The van der Waals surface area contributed by atoms with Crippen molar-refractivity contribution in [3.8, 4) is 0 Å². The molecule has 0 saturated heterocycles. The Morgan fingerprint density at radius 2 is 0.683 bits per heavy atom. The van der Waals surface area contributed by atoms with Crippen molar-refractivity contribution in [1.29, 1.82) is 0 Å². The van der Waals surface area contributed by atoms with Crippen molar-refractivity contribution in [2.24, 2.45) is 0 Å². The summed E-state index contributed by atoms with van der Waals surface area (Å²) in [5.41, 5.74) is 0. The van der Waals surface area contributed by atoms with Gasteiger partial charge in [0.25, 0.3) is 0 Å². The number of hydrogen-bond acceptors (Lipinski definition) is 6. The van der Waals surface area contributed by atoms with E-state index in [9.17, 15) is 14.4 Å². The number of unbranched alkanes of at least 4 members (excludes halogenated alkanes) is 22. The lowest BCUT2D eigenvalue weighted by atomic mass is 10.1. The van der Waals surface area contributed by atoms with Crippen LogP contribution in [0.1, 0.15) is 226 Å². The second kappa shape index (κ2) is 51.0. The lowest BCUT2D eigenvalue weighted by Gasteiger charge is -2.18. The molecule has 0 aromatic heterocycles. The van der Waals surface area contributed by atoms with Gasteiger partial charge in [-0.25, -0.2) is 0 Å². The average Bonchev–Trinajstić information content (AvgIpc) is 3.28. The SMILES string of the molecule is CCC\C=C/C=C\C=C/C=C\C=C/CCCCCCCC(=O)OCC(COC(=O)CCCCCC/C=C\CCCC)OC(=O)CCCCCCCCC/C=C\C/C=C\CCCCC. The third-order valence-electron chi connectivity index (χ3n) is 10.6. The van der Waals surface area contributed by atoms with E-state index in [1.54, 1.807) is 0 Å². The van der Waals surface area contributed by atoms with Gasteiger partial charge in [-0.2, -0.15) is 0 Å². The van der Waals surface area contributed by atoms with Gasteiger partial charge < -0.3 is 14.2 Å². The van der Waals surface area contributed by atoms with Gasteiger partial charge in [0, 0.05) is 19.3 Å². The Bertz CT molecular complexity index is 1280. The summed E-state index contributed by atoms with van der Waals surface area (Å²) < 4.78 is 16.7. The Kier molecular flexibility index (Phi) is 48.0. The summed E-state index contributed by atoms with van der Waals surface area (Å²) in [5, 5.41) is 0. The maximum absolute atomic E-state index is 12.8. The molecular weight excluding hydrogens is 781 g/mol. The van der Waals surface area contributed by atoms with E-state index in [0.717, 1.165) is 116 Å². The summed E-state index contributed by atoms with van der Waals surface area (Å²) >= 11 is 0. The van der Waals surface area contributed by atoms with E-state index in [0.29, 0.717) is 19.3 Å². The van der Waals surface area contributed by atoms with Crippen LogP contribution in [0.2, 0.25) is 0 Å². The molecule has 0 saturated carbocycles. The van der Waals surface area contributed by atoms with E-state index in [1.165, 1.54) is 70.6 Å². The highest BCUT2D eigenvalue weighted by Gasteiger charge is 2.19. The highest BCUT2D eigenvalue weighted by atomic mass is 16.6. The summed E-state index contributed by atoms with van der Waals surface area (Å²) in [7, 11) is 0.